The highest BCUT2D eigenvalue weighted by molar-refractivity contribution is 5.91. The molecule has 0 spiro atoms. The first-order valence-corrected chi connectivity index (χ1v) is 17.3. The lowest BCUT2D eigenvalue weighted by Crippen LogP contribution is -2.54. The zero-order valence-corrected chi connectivity index (χ0v) is 30.5. The van der Waals surface area contributed by atoms with Gasteiger partial charge in [0.1, 0.15) is 23.6 Å². The van der Waals surface area contributed by atoms with Crippen molar-refractivity contribution in [3.8, 4) is 11.5 Å². The number of esters is 1. The van der Waals surface area contributed by atoms with Crippen LogP contribution in [0.15, 0.2) is 48.5 Å². The lowest BCUT2D eigenvalue weighted by molar-refractivity contribution is -0.171. The average molecular weight is 727 g/mol. The number of nitrogens with one attached hydrogen (secondary N) is 2. The number of ether oxygens (including phenoxy) is 5. The molecule has 3 unspecified atom stereocenters. The predicted octanol–water partition coefficient (Wildman–Crippen LogP) is 3.78. The van der Waals surface area contributed by atoms with E-state index in [2.05, 4.69) is 10.6 Å². The van der Waals surface area contributed by atoms with Gasteiger partial charge in [-0.15, -0.1) is 0 Å². The summed E-state index contributed by atoms with van der Waals surface area (Å²) < 4.78 is 26.5. The molecule has 284 valence electrons. The number of nitrogens with two attached hydrogens (primary N) is 1. The summed E-state index contributed by atoms with van der Waals surface area (Å²) in [5.41, 5.74) is 6.79. The van der Waals surface area contributed by atoms with Gasteiger partial charge in [-0.2, -0.15) is 0 Å². The number of hydrogen-bond acceptors (Lipinski definition) is 11. The average Bonchev–Trinajstić information content (AvgIpc) is 3.07. The van der Waals surface area contributed by atoms with Gasteiger partial charge in [-0.25, -0.2) is 14.4 Å². The van der Waals surface area contributed by atoms with Crippen LogP contribution in [0.4, 0.5) is 9.59 Å². The van der Waals surface area contributed by atoms with Crippen molar-refractivity contribution in [2.24, 2.45) is 17.6 Å². The Bertz CT molecular complexity index is 1540. The number of aryl methyl sites for hydroxylation is 1. The molecule has 0 aromatic heterocycles. The molecule has 0 aliphatic carbocycles. The first kappa shape index (κ1) is 41.1. The molecule has 2 aromatic carbocycles. The van der Waals surface area contributed by atoms with Crippen LogP contribution in [0.1, 0.15) is 65.0 Å². The van der Waals surface area contributed by atoms with Gasteiger partial charge in [-0.05, 0) is 75.3 Å². The van der Waals surface area contributed by atoms with Gasteiger partial charge in [0.25, 0.3) is 5.91 Å². The maximum Gasteiger partial charge on any atom is 0.511 e. The van der Waals surface area contributed by atoms with E-state index in [4.69, 9.17) is 29.4 Å². The minimum absolute atomic E-state index is 0.0103. The van der Waals surface area contributed by atoms with E-state index < -0.39 is 54.5 Å². The maximum atomic E-state index is 13.6. The van der Waals surface area contributed by atoms with Crippen molar-refractivity contribution >= 4 is 35.9 Å². The van der Waals surface area contributed by atoms with Crippen molar-refractivity contribution in [3.05, 3.63) is 59.7 Å². The lowest BCUT2D eigenvalue weighted by Gasteiger charge is -2.29. The fourth-order valence-electron chi connectivity index (χ4n) is 5.33. The number of nitrogens with zero attached hydrogens (tertiary/aromatic N) is 1. The van der Waals surface area contributed by atoms with Gasteiger partial charge >= 0.3 is 18.2 Å². The third kappa shape index (κ3) is 13.8. The molecule has 0 saturated carbocycles. The Labute approximate surface area is 303 Å². The molecular weight excluding hydrogens is 676 g/mol. The van der Waals surface area contributed by atoms with Gasteiger partial charge in [0, 0.05) is 32.4 Å². The molecule has 1 aliphatic heterocycles. The van der Waals surface area contributed by atoms with Gasteiger partial charge in [0.2, 0.25) is 18.1 Å². The second-order valence-corrected chi connectivity index (χ2v) is 13.3. The van der Waals surface area contributed by atoms with Crippen LogP contribution in [0, 0.1) is 18.8 Å². The highest BCUT2D eigenvalue weighted by Crippen LogP contribution is 2.20. The molecule has 1 fully saturated rings. The number of amides is 4. The smallest absolute Gasteiger partial charge is 0.484 e. The molecule has 4 N–H and O–H groups in total. The van der Waals surface area contributed by atoms with E-state index in [1.165, 1.54) is 24.0 Å². The minimum atomic E-state index is -1.35. The van der Waals surface area contributed by atoms with Crippen molar-refractivity contribution in [3.63, 3.8) is 0 Å². The van der Waals surface area contributed by atoms with E-state index in [1.54, 1.807) is 38.1 Å². The molecule has 1 saturated heterocycles. The molecule has 3 rings (SSSR count). The summed E-state index contributed by atoms with van der Waals surface area (Å²) in [6.45, 7) is 10.5. The van der Waals surface area contributed by atoms with Gasteiger partial charge in [0.05, 0.1) is 6.10 Å². The Kier molecular flexibility index (Phi) is 15.7. The summed E-state index contributed by atoms with van der Waals surface area (Å²) >= 11 is 0. The molecule has 15 nitrogen and oxygen atoms in total. The number of para-hydroxylation sites is 1. The molecule has 2 aromatic rings. The normalized spacial score (nSPS) is 14.8. The van der Waals surface area contributed by atoms with Gasteiger partial charge in [0.15, 0.2) is 6.61 Å². The number of rotatable bonds is 16. The molecule has 15 heteroatoms. The molecule has 4 amide bonds. The SMILES string of the molecule is Cc1ccccc1OCC(=O)NC(CC(C)C)C(=O)NC(Cc1ccc(OC(=O)N2CCC(C(N)=O)CC2)cc1)C(=O)OC(C)OC(=O)OC(C)C. The number of piperidine rings is 1. The second-order valence-electron chi connectivity index (χ2n) is 13.3. The molecule has 1 heterocycles. The van der Waals surface area contributed by atoms with Crippen LogP contribution in [0.5, 0.6) is 11.5 Å². The Balaban J connectivity index is 1.71. The van der Waals surface area contributed by atoms with E-state index in [0.29, 0.717) is 37.2 Å². The van der Waals surface area contributed by atoms with Crippen LogP contribution in [-0.2, 0) is 39.8 Å². The summed E-state index contributed by atoms with van der Waals surface area (Å²) in [4.78, 5) is 77.6. The first-order valence-electron chi connectivity index (χ1n) is 17.3. The van der Waals surface area contributed by atoms with E-state index in [9.17, 15) is 28.8 Å². The second kappa shape index (κ2) is 19.9. The van der Waals surface area contributed by atoms with Crippen LogP contribution in [-0.4, -0.2) is 85.0 Å². The Hall–Kier alpha value is -5.34. The number of benzene rings is 2. The Morgan fingerprint density at radius 2 is 1.50 bits per heavy atom. The molecular formula is C37H50N4O11. The van der Waals surface area contributed by atoms with Crippen molar-refractivity contribution in [1.82, 2.24) is 15.5 Å². The molecule has 0 bridgehead atoms. The Morgan fingerprint density at radius 3 is 2.10 bits per heavy atom. The topological polar surface area (TPSA) is 202 Å². The number of likely N-dealkylation sites (tertiary alicyclic amines) is 1. The molecule has 3 atom stereocenters. The molecule has 1 aliphatic rings. The predicted molar refractivity (Wildman–Crippen MR) is 188 cm³/mol. The van der Waals surface area contributed by atoms with Crippen molar-refractivity contribution in [1.29, 1.82) is 0 Å². The van der Waals surface area contributed by atoms with Crippen molar-refractivity contribution in [2.75, 3.05) is 19.7 Å². The van der Waals surface area contributed by atoms with Crippen LogP contribution in [0.2, 0.25) is 0 Å². The van der Waals surface area contributed by atoms with Crippen LogP contribution >= 0.6 is 0 Å². The van der Waals surface area contributed by atoms with E-state index in [0.717, 1.165) is 5.56 Å². The fourth-order valence-corrected chi connectivity index (χ4v) is 5.33. The number of carbonyl (C=O) groups excluding carboxylic acids is 6. The highest BCUT2D eigenvalue weighted by atomic mass is 16.8. The fraction of sp³-hybridized carbons (Fsp3) is 0.514. The zero-order valence-electron chi connectivity index (χ0n) is 30.5. The van der Waals surface area contributed by atoms with Crippen molar-refractivity contribution in [2.45, 2.75) is 91.7 Å². The number of carbonyl (C=O) groups is 6. The highest BCUT2D eigenvalue weighted by Gasteiger charge is 2.31. The van der Waals surface area contributed by atoms with Gasteiger partial charge < -0.3 is 45.0 Å². The number of hydrogen-bond donors (Lipinski definition) is 3. The quantitative estimate of drug-likeness (QED) is 0.168. The third-order valence-electron chi connectivity index (χ3n) is 8.01. The van der Waals surface area contributed by atoms with Crippen LogP contribution in [0.25, 0.3) is 0 Å². The maximum absolute atomic E-state index is 13.6. The van der Waals surface area contributed by atoms with E-state index in [1.807, 2.05) is 32.9 Å². The van der Waals surface area contributed by atoms with Crippen LogP contribution in [0.3, 0.4) is 0 Å². The largest absolute Gasteiger partial charge is 0.511 e. The monoisotopic (exact) mass is 726 g/mol. The third-order valence-corrected chi connectivity index (χ3v) is 8.01. The van der Waals surface area contributed by atoms with Crippen LogP contribution < -0.4 is 25.8 Å². The summed E-state index contributed by atoms with van der Waals surface area (Å²) in [5, 5.41) is 5.39. The summed E-state index contributed by atoms with van der Waals surface area (Å²) in [7, 11) is 0. The standard InChI is InChI=1S/C37H50N4O11/c1-22(2)19-29(39-32(42)21-48-31-10-8-7-9-24(31)5)34(44)40-30(35(45)50-25(6)51-37(47)49-23(3)4)20-26-11-13-28(14-12-26)52-36(46)41-17-15-27(16-18-41)33(38)43/h7-14,22-23,25,27,29-30H,15-21H2,1-6H3,(H2,38,43)(H,39,42)(H,40,44). The summed E-state index contributed by atoms with van der Waals surface area (Å²) in [6, 6.07) is 11.2. The van der Waals surface area contributed by atoms with E-state index >= 15 is 0 Å². The summed E-state index contributed by atoms with van der Waals surface area (Å²) in [6.07, 6.45) is -2.32. The zero-order chi connectivity index (χ0) is 38.4. The molecule has 0 radical (unpaired) electrons. The number of primary amides is 1. The lowest BCUT2D eigenvalue weighted by atomic mass is 9.97. The molecule has 52 heavy (non-hydrogen) atoms. The summed E-state index contributed by atoms with van der Waals surface area (Å²) in [5.74, 6) is -1.98. The minimum Gasteiger partial charge on any atom is -0.484 e. The van der Waals surface area contributed by atoms with E-state index in [-0.39, 0.29) is 42.9 Å². The first-order chi connectivity index (χ1) is 24.6. The van der Waals surface area contributed by atoms with Crippen molar-refractivity contribution < 1.29 is 52.5 Å². The van der Waals surface area contributed by atoms with Gasteiger partial charge in [-0.1, -0.05) is 44.2 Å². The Morgan fingerprint density at radius 1 is 0.846 bits per heavy atom. The van der Waals surface area contributed by atoms with Gasteiger partial charge in [-0.3, -0.25) is 14.4 Å².